The van der Waals surface area contributed by atoms with Crippen LogP contribution in [0.15, 0.2) is 82.3 Å². The third-order valence-corrected chi connectivity index (χ3v) is 5.87. The number of para-hydroxylation sites is 1. The van der Waals surface area contributed by atoms with E-state index in [1.807, 2.05) is 34.9 Å². The average Bonchev–Trinajstić information content (AvgIpc) is 3.35. The molecule has 2 aromatic carbocycles. The number of aromatic nitrogens is 3. The lowest BCUT2D eigenvalue weighted by molar-refractivity contribution is 0.0999. The zero-order chi connectivity index (χ0) is 23.8. The summed E-state index contributed by atoms with van der Waals surface area (Å²) in [6.45, 7) is 0. The van der Waals surface area contributed by atoms with Gasteiger partial charge in [-0.1, -0.05) is 41.4 Å². The fourth-order valence-electron chi connectivity index (χ4n) is 3.98. The Balaban J connectivity index is 1.92. The average molecular weight is 491 g/mol. The first-order valence-corrected chi connectivity index (χ1v) is 11.0. The molecule has 0 aliphatic heterocycles. The maximum Gasteiger partial charge on any atom is 0.250 e. The third-order valence-electron chi connectivity index (χ3n) is 5.43. The molecule has 1 amide bonds. The van der Waals surface area contributed by atoms with E-state index in [1.54, 1.807) is 18.2 Å². The summed E-state index contributed by atoms with van der Waals surface area (Å²) in [5.41, 5.74) is 7.81. The molecule has 2 N–H and O–H groups in total. The summed E-state index contributed by atoms with van der Waals surface area (Å²) in [4.78, 5) is 34.5. The van der Waals surface area contributed by atoms with Gasteiger partial charge in [0.1, 0.15) is 17.1 Å². The van der Waals surface area contributed by atoms with Crippen LogP contribution in [0.2, 0.25) is 10.2 Å². The number of nitrogens with two attached hydrogens (primary N) is 1. The first-order valence-electron chi connectivity index (χ1n) is 10.2. The van der Waals surface area contributed by atoms with Crippen molar-refractivity contribution in [3.63, 3.8) is 0 Å². The Bertz CT molecular complexity index is 1600. The van der Waals surface area contributed by atoms with Gasteiger partial charge in [0, 0.05) is 28.1 Å². The molecule has 0 unspecified atom stereocenters. The van der Waals surface area contributed by atoms with E-state index in [0.717, 1.165) is 5.69 Å². The SMILES string of the molecule is NC(=O)c1ccc(Cl)nc1Cc1c(-c2ncco2)n(-c2ccccc2)c2cc(Cl)ccc2c1=O. The standard InChI is InChI=1S/C25H16Cl2N4O3/c26-14-6-7-17-20(12-14)31(15-4-2-1-3-5-15)22(25-29-10-11-34-25)18(23(17)32)13-19-16(24(28)33)8-9-21(27)30-19/h1-12H,13H2,(H2,28,33). The van der Waals surface area contributed by atoms with E-state index in [9.17, 15) is 9.59 Å². The van der Waals surface area contributed by atoms with Gasteiger partial charge in [-0.05, 0) is 42.5 Å². The molecule has 3 aromatic heterocycles. The van der Waals surface area contributed by atoms with Gasteiger partial charge in [-0.3, -0.25) is 9.59 Å². The molecule has 0 atom stereocenters. The Labute approximate surface area is 203 Å². The van der Waals surface area contributed by atoms with Crippen molar-refractivity contribution in [2.75, 3.05) is 0 Å². The second-order valence-electron chi connectivity index (χ2n) is 7.50. The van der Waals surface area contributed by atoms with Crippen molar-refractivity contribution in [3.8, 4) is 17.3 Å². The minimum Gasteiger partial charge on any atom is -0.443 e. The molecule has 5 aromatic rings. The summed E-state index contributed by atoms with van der Waals surface area (Å²) >= 11 is 12.4. The Kier molecular flexibility index (Phi) is 5.65. The van der Waals surface area contributed by atoms with E-state index >= 15 is 0 Å². The van der Waals surface area contributed by atoms with Crippen LogP contribution in [-0.2, 0) is 6.42 Å². The van der Waals surface area contributed by atoms with Crippen molar-refractivity contribution in [2.45, 2.75) is 6.42 Å². The lowest BCUT2D eigenvalue weighted by Crippen LogP contribution is -2.21. The van der Waals surface area contributed by atoms with Gasteiger partial charge in [0.15, 0.2) is 5.43 Å². The highest BCUT2D eigenvalue weighted by Gasteiger charge is 2.24. The molecule has 0 spiro atoms. The predicted octanol–water partition coefficient (Wildman–Crippen LogP) is 5.04. The van der Waals surface area contributed by atoms with Gasteiger partial charge < -0.3 is 14.7 Å². The molecule has 9 heteroatoms. The lowest BCUT2D eigenvalue weighted by Gasteiger charge is -2.19. The molecular formula is C25H16Cl2N4O3. The summed E-state index contributed by atoms with van der Waals surface area (Å²) in [5.74, 6) is -0.451. The van der Waals surface area contributed by atoms with Crippen molar-refractivity contribution < 1.29 is 9.21 Å². The fraction of sp³-hybridized carbons (Fsp3) is 0.0400. The number of pyridine rings is 2. The molecule has 0 bridgehead atoms. The largest absolute Gasteiger partial charge is 0.443 e. The van der Waals surface area contributed by atoms with Gasteiger partial charge in [-0.15, -0.1) is 0 Å². The summed E-state index contributed by atoms with van der Waals surface area (Å²) < 4.78 is 7.51. The van der Waals surface area contributed by atoms with Crippen molar-refractivity contribution >= 4 is 40.0 Å². The highest BCUT2D eigenvalue weighted by Crippen LogP contribution is 2.32. The third kappa shape index (κ3) is 3.85. The predicted molar refractivity (Wildman–Crippen MR) is 131 cm³/mol. The minimum atomic E-state index is -0.673. The van der Waals surface area contributed by atoms with Crippen LogP contribution in [0.25, 0.3) is 28.2 Å². The van der Waals surface area contributed by atoms with Gasteiger partial charge in [0.25, 0.3) is 5.91 Å². The van der Waals surface area contributed by atoms with E-state index < -0.39 is 5.91 Å². The second kappa shape index (κ2) is 8.78. The van der Waals surface area contributed by atoms with Crippen LogP contribution in [0.3, 0.4) is 0 Å². The molecule has 5 rings (SSSR count). The van der Waals surface area contributed by atoms with Crippen LogP contribution in [0.1, 0.15) is 21.6 Å². The van der Waals surface area contributed by atoms with E-state index in [4.69, 9.17) is 33.4 Å². The van der Waals surface area contributed by atoms with Crippen molar-refractivity contribution in [3.05, 3.63) is 110 Å². The number of carbonyl (C=O) groups excluding carboxylic acids is 1. The second-order valence-corrected chi connectivity index (χ2v) is 8.32. The smallest absolute Gasteiger partial charge is 0.250 e. The monoisotopic (exact) mass is 490 g/mol. The summed E-state index contributed by atoms with van der Waals surface area (Å²) in [5, 5.41) is 1.07. The number of rotatable bonds is 5. The van der Waals surface area contributed by atoms with E-state index in [0.29, 0.717) is 27.2 Å². The Hall–Kier alpha value is -3.94. The summed E-state index contributed by atoms with van der Waals surface area (Å²) in [7, 11) is 0. The molecule has 0 radical (unpaired) electrons. The molecular weight excluding hydrogens is 475 g/mol. The first-order chi connectivity index (χ1) is 16.4. The van der Waals surface area contributed by atoms with Crippen LogP contribution in [0.5, 0.6) is 0 Å². The number of benzene rings is 2. The van der Waals surface area contributed by atoms with Crippen LogP contribution in [0.4, 0.5) is 0 Å². The molecule has 0 aliphatic carbocycles. The molecule has 0 aliphatic rings. The van der Waals surface area contributed by atoms with Gasteiger partial charge in [-0.2, -0.15) is 0 Å². The number of nitrogens with zero attached hydrogens (tertiary/aromatic N) is 3. The van der Waals surface area contributed by atoms with Gasteiger partial charge in [-0.25, -0.2) is 9.97 Å². The van der Waals surface area contributed by atoms with E-state index in [-0.39, 0.29) is 34.2 Å². The van der Waals surface area contributed by atoms with Gasteiger partial charge >= 0.3 is 0 Å². The van der Waals surface area contributed by atoms with E-state index in [1.165, 1.54) is 24.6 Å². The Morgan fingerprint density at radius 1 is 1.06 bits per heavy atom. The number of carbonyl (C=O) groups is 1. The Morgan fingerprint density at radius 3 is 2.56 bits per heavy atom. The zero-order valence-corrected chi connectivity index (χ0v) is 19.0. The number of fused-ring (bicyclic) bond motifs is 1. The Morgan fingerprint density at radius 2 is 1.85 bits per heavy atom. The number of halogens is 2. The summed E-state index contributed by atoms with van der Waals surface area (Å²) in [6.07, 6.45) is 2.89. The van der Waals surface area contributed by atoms with Crippen LogP contribution in [0, 0.1) is 0 Å². The summed E-state index contributed by atoms with van der Waals surface area (Å²) in [6, 6.07) is 17.5. The van der Waals surface area contributed by atoms with Gasteiger partial charge in [0.05, 0.1) is 23.0 Å². The molecule has 3 heterocycles. The van der Waals surface area contributed by atoms with Crippen molar-refractivity contribution in [1.29, 1.82) is 0 Å². The fourth-order valence-corrected chi connectivity index (χ4v) is 4.31. The minimum absolute atomic E-state index is 0.0270. The molecule has 7 nitrogen and oxygen atoms in total. The number of hydrogen-bond donors (Lipinski definition) is 1. The number of oxazole rings is 1. The highest BCUT2D eigenvalue weighted by molar-refractivity contribution is 6.31. The van der Waals surface area contributed by atoms with Crippen molar-refractivity contribution in [2.24, 2.45) is 5.73 Å². The first kappa shape index (κ1) is 21.9. The lowest BCUT2D eigenvalue weighted by atomic mass is 9.99. The normalized spacial score (nSPS) is 11.1. The quantitative estimate of drug-likeness (QED) is 0.347. The molecule has 0 saturated carbocycles. The maximum atomic E-state index is 13.8. The highest BCUT2D eigenvalue weighted by atomic mass is 35.5. The number of amides is 1. The maximum absolute atomic E-state index is 13.8. The van der Waals surface area contributed by atoms with Crippen molar-refractivity contribution in [1.82, 2.24) is 14.5 Å². The molecule has 0 saturated heterocycles. The topological polar surface area (TPSA) is 104 Å². The van der Waals surface area contributed by atoms with Gasteiger partial charge in [0.2, 0.25) is 5.89 Å². The van der Waals surface area contributed by atoms with E-state index in [2.05, 4.69) is 9.97 Å². The van der Waals surface area contributed by atoms with Crippen LogP contribution < -0.4 is 11.2 Å². The molecule has 0 fully saturated rings. The number of hydrogen-bond acceptors (Lipinski definition) is 5. The molecule has 34 heavy (non-hydrogen) atoms. The van der Waals surface area contributed by atoms with Crippen LogP contribution in [-0.4, -0.2) is 20.4 Å². The number of primary amides is 1. The molecule has 168 valence electrons. The zero-order valence-electron chi connectivity index (χ0n) is 17.5. The van der Waals surface area contributed by atoms with Crippen LogP contribution >= 0.6 is 23.2 Å².